The molecule has 2 nitrogen and oxygen atoms in total. The van der Waals surface area contributed by atoms with Crippen LogP contribution < -0.4 is 0 Å². The first kappa shape index (κ1) is 17.5. The second kappa shape index (κ2) is 10.4. The van der Waals surface area contributed by atoms with Crippen molar-refractivity contribution in [3.8, 4) is 0 Å². The minimum absolute atomic E-state index is 0.582. The highest BCUT2D eigenvalue weighted by Crippen LogP contribution is 2.21. The Morgan fingerprint density at radius 3 is 1.88 bits per heavy atom. The first-order chi connectivity index (χ1) is 8.08. The Morgan fingerprint density at radius 2 is 1.53 bits per heavy atom. The molecule has 0 spiro atoms. The molecule has 0 fully saturated rings. The number of thiol groups is 1. The maximum atomic E-state index is 6.07. The van der Waals surface area contributed by atoms with Crippen molar-refractivity contribution in [2.45, 2.75) is 59.0 Å². The molecule has 0 aromatic heterocycles. The summed E-state index contributed by atoms with van der Waals surface area (Å²) in [5, 5.41) is 0. The minimum Gasteiger partial charge on any atom is -0.394 e. The molecule has 0 N–H and O–H groups in total. The summed E-state index contributed by atoms with van der Waals surface area (Å²) in [5.74, 6) is 1.50. The Morgan fingerprint density at radius 1 is 1.06 bits per heavy atom. The minimum atomic E-state index is -1.96. The second-order valence-electron chi connectivity index (χ2n) is 5.03. The summed E-state index contributed by atoms with van der Waals surface area (Å²) < 4.78 is 12.1. The standard InChI is InChI=1S/C13H30O2SSi/c1-5-7-9-14-17(4,12-13(3)11-16)15-10-8-6-2/h13,16H,5-12H2,1-4H3. The van der Waals surface area contributed by atoms with Crippen molar-refractivity contribution in [3.05, 3.63) is 0 Å². The zero-order valence-corrected chi connectivity index (χ0v) is 13.9. The maximum absolute atomic E-state index is 6.07. The van der Waals surface area contributed by atoms with Crippen molar-refractivity contribution >= 4 is 21.2 Å². The molecule has 0 heterocycles. The third-order valence-corrected chi connectivity index (χ3v) is 6.53. The molecule has 17 heavy (non-hydrogen) atoms. The molecule has 0 aliphatic carbocycles. The monoisotopic (exact) mass is 278 g/mol. The first-order valence-electron chi connectivity index (χ1n) is 6.96. The summed E-state index contributed by atoms with van der Waals surface area (Å²) in [6.07, 6.45) is 4.63. The molecule has 0 aromatic carbocycles. The molecular weight excluding hydrogens is 248 g/mol. The van der Waals surface area contributed by atoms with Crippen LogP contribution >= 0.6 is 12.6 Å². The predicted octanol–water partition coefficient (Wildman–Crippen LogP) is 4.26. The van der Waals surface area contributed by atoms with E-state index in [9.17, 15) is 0 Å². The third kappa shape index (κ3) is 9.11. The Labute approximate surface area is 114 Å². The van der Waals surface area contributed by atoms with Crippen LogP contribution in [-0.2, 0) is 8.85 Å². The van der Waals surface area contributed by atoms with Gasteiger partial charge in [0.2, 0.25) is 0 Å². The molecule has 0 aliphatic rings. The van der Waals surface area contributed by atoms with Gasteiger partial charge in [-0.3, -0.25) is 0 Å². The van der Waals surface area contributed by atoms with Gasteiger partial charge in [-0.1, -0.05) is 33.6 Å². The normalized spacial score (nSPS) is 13.9. The van der Waals surface area contributed by atoms with E-state index in [2.05, 4.69) is 39.9 Å². The van der Waals surface area contributed by atoms with Crippen molar-refractivity contribution in [2.75, 3.05) is 19.0 Å². The van der Waals surface area contributed by atoms with E-state index >= 15 is 0 Å². The molecular formula is C13H30O2SSi. The lowest BCUT2D eigenvalue weighted by molar-refractivity contribution is 0.165. The fourth-order valence-electron chi connectivity index (χ4n) is 1.72. The van der Waals surface area contributed by atoms with Crippen LogP contribution in [0.1, 0.15) is 46.5 Å². The third-order valence-electron chi connectivity index (χ3n) is 2.84. The summed E-state index contributed by atoms with van der Waals surface area (Å²) in [5.41, 5.74) is 0. The molecule has 1 atom stereocenters. The van der Waals surface area contributed by atoms with Crippen LogP contribution in [0.25, 0.3) is 0 Å². The molecule has 0 aromatic rings. The predicted molar refractivity (Wildman–Crippen MR) is 81.2 cm³/mol. The first-order valence-corrected chi connectivity index (χ1v) is 10.1. The van der Waals surface area contributed by atoms with Gasteiger partial charge in [0.15, 0.2) is 0 Å². The molecule has 0 saturated heterocycles. The van der Waals surface area contributed by atoms with Gasteiger partial charge >= 0.3 is 8.56 Å². The zero-order valence-electron chi connectivity index (χ0n) is 12.0. The van der Waals surface area contributed by atoms with Gasteiger partial charge in [-0.2, -0.15) is 12.6 Å². The summed E-state index contributed by atoms with van der Waals surface area (Å²) in [4.78, 5) is 0. The highest BCUT2D eigenvalue weighted by molar-refractivity contribution is 7.80. The SMILES string of the molecule is CCCCO[Si](C)(CC(C)CS)OCCCC. The van der Waals surface area contributed by atoms with E-state index in [1.165, 1.54) is 12.8 Å². The molecule has 4 heteroatoms. The van der Waals surface area contributed by atoms with Gasteiger partial charge in [-0.25, -0.2) is 0 Å². The highest BCUT2D eigenvalue weighted by Gasteiger charge is 2.32. The Kier molecular flexibility index (Phi) is 10.7. The van der Waals surface area contributed by atoms with E-state index in [4.69, 9.17) is 8.85 Å². The summed E-state index contributed by atoms with van der Waals surface area (Å²) >= 11 is 4.36. The van der Waals surface area contributed by atoms with Gasteiger partial charge in [0.05, 0.1) is 0 Å². The number of unbranched alkanes of at least 4 members (excludes halogenated alkanes) is 2. The summed E-state index contributed by atoms with van der Waals surface area (Å²) in [6, 6.07) is 1.06. The van der Waals surface area contributed by atoms with Gasteiger partial charge in [0, 0.05) is 13.2 Å². The van der Waals surface area contributed by atoms with Crippen LogP contribution in [0.5, 0.6) is 0 Å². The average molecular weight is 279 g/mol. The zero-order chi connectivity index (χ0) is 13.1. The highest BCUT2D eigenvalue weighted by atomic mass is 32.1. The van der Waals surface area contributed by atoms with Crippen LogP contribution in [-0.4, -0.2) is 27.5 Å². The van der Waals surface area contributed by atoms with Crippen molar-refractivity contribution in [1.29, 1.82) is 0 Å². The molecule has 1 unspecified atom stereocenters. The van der Waals surface area contributed by atoms with E-state index in [0.29, 0.717) is 5.92 Å². The summed E-state index contributed by atoms with van der Waals surface area (Å²) in [7, 11) is -1.96. The lowest BCUT2D eigenvalue weighted by atomic mass is 10.3. The van der Waals surface area contributed by atoms with Gasteiger partial charge in [-0.05, 0) is 37.1 Å². The summed E-state index contributed by atoms with van der Waals surface area (Å²) in [6.45, 7) is 10.5. The number of rotatable bonds is 11. The van der Waals surface area contributed by atoms with Crippen LogP contribution in [0.3, 0.4) is 0 Å². The number of hydrogen-bond acceptors (Lipinski definition) is 3. The van der Waals surface area contributed by atoms with Gasteiger partial charge in [-0.15, -0.1) is 0 Å². The lowest BCUT2D eigenvalue weighted by Crippen LogP contribution is -2.41. The van der Waals surface area contributed by atoms with Crippen molar-refractivity contribution in [1.82, 2.24) is 0 Å². The lowest BCUT2D eigenvalue weighted by Gasteiger charge is -2.29. The van der Waals surface area contributed by atoms with E-state index in [-0.39, 0.29) is 0 Å². The van der Waals surface area contributed by atoms with E-state index in [1.54, 1.807) is 0 Å². The Balaban J connectivity index is 4.13. The average Bonchev–Trinajstić information content (AvgIpc) is 2.29. The van der Waals surface area contributed by atoms with Crippen LogP contribution in [0.2, 0.25) is 12.6 Å². The largest absolute Gasteiger partial charge is 0.394 e. The van der Waals surface area contributed by atoms with Crippen LogP contribution in [0.15, 0.2) is 0 Å². The molecule has 0 bridgehead atoms. The molecule has 0 rings (SSSR count). The topological polar surface area (TPSA) is 18.5 Å². The van der Waals surface area contributed by atoms with E-state index in [1.807, 2.05) is 0 Å². The van der Waals surface area contributed by atoms with E-state index < -0.39 is 8.56 Å². The molecule has 0 radical (unpaired) electrons. The van der Waals surface area contributed by atoms with Gasteiger partial charge in [0.25, 0.3) is 0 Å². The Bertz CT molecular complexity index is 169. The van der Waals surface area contributed by atoms with Gasteiger partial charge in [0.1, 0.15) is 0 Å². The van der Waals surface area contributed by atoms with Crippen molar-refractivity contribution in [3.63, 3.8) is 0 Å². The molecule has 0 amide bonds. The molecule has 0 saturated carbocycles. The van der Waals surface area contributed by atoms with Crippen molar-refractivity contribution in [2.24, 2.45) is 5.92 Å². The van der Waals surface area contributed by atoms with Crippen LogP contribution in [0.4, 0.5) is 0 Å². The molecule has 0 aliphatic heterocycles. The second-order valence-corrected chi connectivity index (χ2v) is 8.65. The number of hydrogen-bond donors (Lipinski definition) is 1. The molecule has 104 valence electrons. The van der Waals surface area contributed by atoms with Crippen molar-refractivity contribution < 1.29 is 8.85 Å². The smallest absolute Gasteiger partial charge is 0.335 e. The van der Waals surface area contributed by atoms with E-state index in [0.717, 1.165) is 37.9 Å². The maximum Gasteiger partial charge on any atom is 0.335 e. The Hall–Kier alpha value is 0.487. The van der Waals surface area contributed by atoms with Gasteiger partial charge < -0.3 is 8.85 Å². The fraction of sp³-hybridized carbons (Fsp3) is 1.00. The quantitative estimate of drug-likeness (QED) is 0.346. The van der Waals surface area contributed by atoms with Crippen LogP contribution in [0, 0.1) is 5.92 Å². The fourth-order valence-corrected chi connectivity index (χ4v) is 4.98.